The van der Waals surface area contributed by atoms with Gasteiger partial charge in [0.05, 0.1) is 5.69 Å². The fourth-order valence-electron chi connectivity index (χ4n) is 2.11. The van der Waals surface area contributed by atoms with Crippen LogP contribution in [0.3, 0.4) is 0 Å². The van der Waals surface area contributed by atoms with Gasteiger partial charge in [0.1, 0.15) is 12.4 Å². The number of amides is 1. The first-order valence-electron chi connectivity index (χ1n) is 7.59. The lowest BCUT2D eigenvalue weighted by atomic mass is 10.1. The summed E-state index contributed by atoms with van der Waals surface area (Å²) < 4.78 is 14.1. The second-order valence-electron chi connectivity index (χ2n) is 5.39. The minimum atomic E-state index is -0.340. The fourth-order valence-corrected chi connectivity index (χ4v) is 2.11. The van der Waals surface area contributed by atoms with Crippen LogP contribution in [0.25, 0.3) is 11.3 Å². The van der Waals surface area contributed by atoms with Crippen molar-refractivity contribution in [2.45, 2.75) is 26.3 Å². The molecular formula is C17H20FN3O2. The first-order valence-corrected chi connectivity index (χ1v) is 7.59. The summed E-state index contributed by atoms with van der Waals surface area (Å²) in [6, 6.07) is 8.76. The standard InChI is InChI=1S/C17H20FN3O2/c1-3-4-11-20(2)17(23)12-21-16(22)10-9-15(19-21)13-5-7-14(18)8-6-13/h5-10H,3-4,11-12H2,1-2H3. The van der Waals surface area contributed by atoms with Gasteiger partial charge in [0, 0.05) is 25.2 Å². The predicted octanol–water partition coefficient (Wildman–Crippen LogP) is 2.31. The molecule has 0 aliphatic rings. The highest BCUT2D eigenvalue weighted by Crippen LogP contribution is 2.15. The molecule has 0 saturated carbocycles. The second-order valence-corrected chi connectivity index (χ2v) is 5.39. The van der Waals surface area contributed by atoms with Gasteiger partial charge in [-0.15, -0.1) is 0 Å². The molecule has 1 amide bonds. The van der Waals surface area contributed by atoms with E-state index in [0.29, 0.717) is 17.8 Å². The first-order chi connectivity index (χ1) is 11.0. The van der Waals surface area contributed by atoms with E-state index in [9.17, 15) is 14.0 Å². The number of halogens is 1. The van der Waals surface area contributed by atoms with Crippen molar-refractivity contribution in [3.8, 4) is 11.3 Å². The maximum absolute atomic E-state index is 13.0. The summed E-state index contributed by atoms with van der Waals surface area (Å²) in [7, 11) is 1.72. The molecule has 2 rings (SSSR count). The highest BCUT2D eigenvalue weighted by molar-refractivity contribution is 5.75. The van der Waals surface area contributed by atoms with Gasteiger partial charge in [-0.3, -0.25) is 9.59 Å². The van der Waals surface area contributed by atoms with Crippen LogP contribution in [-0.2, 0) is 11.3 Å². The van der Waals surface area contributed by atoms with Crippen LogP contribution in [0.1, 0.15) is 19.8 Å². The Morgan fingerprint density at radius 2 is 1.91 bits per heavy atom. The van der Waals surface area contributed by atoms with Crippen LogP contribution in [0.2, 0.25) is 0 Å². The normalized spacial score (nSPS) is 10.6. The van der Waals surface area contributed by atoms with Crippen molar-refractivity contribution in [2.24, 2.45) is 0 Å². The molecule has 0 atom stereocenters. The largest absolute Gasteiger partial charge is 0.344 e. The molecule has 0 spiro atoms. The summed E-state index contributed by atoms with van der Waals surface area (Å²) in [5, 5.41) is 4.21. The predicted molar refractivity (Wildman–Crippen MR) is 86.4 cm³/mol. The van der Waals surface area contributed by atoms with Crippen molar-refractivity contribution in [3.05, 3.63) is 52.6 Å². The molecule has 0 fully saturated rings. The van der Waals surface area contributed by atoms with Gasteiger partial charge in [-0.05, 0) is 36.8 Å². The number of benzene rings is 1. The van der Waals surface area contributed by atoms with E-state index in [0.717, 1.165) is 17.5 Å². The molecule has 2 aromatic rings. The number of likely N-dealkylation sites (N-methyl/N-ethyl adjacent to an activating group) is 1. The van der Waals surface area contributed by atoms with Crippen LogP contribution in [0.5, 0.6) is 0 Å². The van der Waals surface area contributed by atoms with Crippen LogP contribution < -0.4 is 5.56 Å². The third-order valence-electron chi connectivity index (χ3n) is 3.56. The highest BCUT2D eigenvalue weighted by atomic mass is 19.1. The minimum Gasteiger partial charge on any atom is -0.344 e. The quantitative estimate of drug-likeness (QED) is 0.821. The van der Waals surface area contributed by atoms with Gasteiger partial charge in [0.25, 0.3) is 5.56 Å². The maximum atomic E-state index is 13.0. The van der Waals surface area contributed by atoms with Crippen molar-refractivity contribution in [3.63, 3.8) is 0 Å². The van der Waals surface area contributed by atoms with E-state index in [1.165, 1.54) is 18.2 Å². The Balaban J connectivity index is 2.19. The molecule has 1 heterocycles. The van der Waals surface area contributed by atoms with Crippen LogP contribution in [-0.4, -0.2) is 34.2 Å². The molecule has 122 valence electrons. The van der Waals surface area contributed by atoms with Crippen molar-refractivity contribution >= 4 is 5.91 Å². The van der Waals surface area contributed by atoms with Gasteiger partial charge in [0.2, 0.25) is 5.91 Å². The molecule has 0 radical (unpaired) electrons. The Kier molecular flexibility index (Phi) is 5.62. The number of aromatic nitrogens is 2. The summed E-state index contributed by atoms with van der Waals surface area (Å²) in [4.78, 5) is 25.6. The SMILES string of the molecule is CCCCN(C)C(=O)Cn1nc(-c2ccc(F)cc2)ccc1=O. The first kappa shape index (κ1) is 16.9. The lowest BCUT2D eigenvalue weighted by Crippen LogP contribution is -2.35. The van der Waals surface area contributed by atoms with Crippen LogP contribution in [0, 0.1) is 5.82 Å². The van der Waals surface area contributed by atoms with E-state index in [-0.39, 0.29) is 23.8 Å². The zero-order chi connectivity index (χ0) is 16.8. The molecule has 6 heteroatoms. The Labute approximate surface area is 134 Å². The van der Waals surface area contributed by atoms with E-state index in [4.69, 9.17) is 0 Å². The van der Waals surface area contributed by atoms with E-state index in [2.05, 4.69) is 12.0 Å². The fraction of sp³-hybridized carbons (Fsp3) is 0.353. The van der Waals surface area contributed by atoms with Crippen LogP contribution >= 0.6 is 0 Å². The second kappa shape index (κ2) is 7.67. The molecule has 0 bridgehead atoms. The molecule has 0 saturated heterocycles. The number of nitrogens with zero attached hydrogens (tertiary/aromatic N) is 3. The monoisotopic (exact) mass is 317 g/mol. The van der Waals surface area contributed by atoms with E-state index < -0.39 is 0 Å². The molecule has 0 unspecified atom stereocenters. The average Bonchev–Trinajstić information content (AvgIpc) is 2.55. The summed E-state index contributed by atoms with van der Waals surface area (Å²) in [5.41, 5.74) is 0.869. The third-order valence-corrected chi connectivity index (χ3v) is 3.56. The van der Waals surface area contributed by atoms with Gasteiger partial charge in [-0.1, -0.05) is 13.3 Å². The van der Waals surface area contributed by atoms with Crippen LogP contribution in [0.15, 0.2) is 41.2 Å². The molecule has 1 aromatic carbocycles. The van der Waals surface area contributed by atoms with Gasteiger partial charge >= 0.3 is 0 Å². The summed E-state index contributed by atoms with van der Waals surface area (Å²) in [6.07, 6.45) is 1.91. The lowest BCUT2D eigenvalue weighted by Gasteiger charge is -2.17. The number of rotatable bonds is 6. The summed E-state index contributed by atoms with van der Waals surface area (Å²) in [6.45, 7) is 2.60. The molecule has 0 N–H and O–H groups in total. The molecule has 1 aromatic heterocycles. The zero-order valence-corrected chi connectivity index (χ0v) is 13.3. The van der Waals surface area contributed by atoms with Crippen molar-refractivity contribution in [2.75, 3.05) is 13.6 Å². The van der Waals surface area contributed by atoms with E-state index in [1.54, 1.807) is 30.1 Å². The number of hydrogen-bond acceptors (Lipinski definition) is 3. The summed E-state index contributed by atoms with van der Waals surface area (Å²) >= 11 is 0. The zero-order valence-electron chi connectivity index (χ0n) is 13.3. The van der Waals surface area contributed by atoms with Crippen molar-refractivity contribution in [1.82, 2.24) is 14.7 Å². The minimum absolute atomic E-state index is 0.103. The van der Waals surface area contributed by atoms with Gasteiger partial charge in [-0.25, -0.2) is 9.07 Å². The Morgan fingerprint density at radius 3 is 2.57 bits per heavy atom. The van der Waals surface area contributed by atoms with Crippen LogP contribution in [0.4, 0.5) is 4.39 Å². The smallest absolute Gasteiger partial charge is 0.267 e. The molecule has 23 heavy (non-hydrogen) atoms. The highest BCUT2D eigenvalue weighted by Gasteiger charge is 2.11. The number of carbonyl (C=O) groups excluding carboxylic acids is 1. The van der Waals surface area contributed by atoms with E-state index in [1.807, 2.05) is 0 Å². The molecule has 0 aliphatic heterocycles. The lowest BCUT2D eigenvalue weighted by molar-refractivity contribution is -0.130. The topological polar surface area (TPSA) is 55.2 Å². The Bertz CT molecular complexity index is 725. The Hall–Kier alpha value is -2.50. The van der Waals surface area contributed by atoms with Crippen molar-refractivity contribution in [1.29, 1.82) is 0 Å². The average molecular weight is 317 g/mol. The van der Waals surface area contributed by atoms with Gasteiger partial charge < -0.3 is 4.90 Å². The summed E-state index contributed by atoms with van der Waals surface area (Å²) in [5.74, 6) is -0.501. The third kappa shape index (κ3) is 4.48. The van der Waals surface area contributed by atoms with Gasteiger partial charge in [-0.2, -0.15) is 5.10 Å². The molecular weight excluding hydrogens is 297 g/mol. The Morgan fingerprint density at radius 1 is 1.22 bits per heavy atom. The van der Waals surface area contributed by atoms with Crippen molar-refractivity contribution < 1.29 is 9.18 Å². The van der Waals surface area contributed by atoms with Gasteiger partial charge in [0.15, 0.2) is 0 Å². The number of carbonyl (C=O) groups is 1. The number of hydrogen-bond donors (Lipinski definition) is 0. The van der Waals surface area contributed by atoms with E-state index >= 15 is 0 Å². The molecule has 5 nitrogen and oxygen atoms in total. The number of unbranched alkanes of at least 4 members (excludes halogenated alkanes) is 1. The molecule has 0 aliphatic carbocycles. The maximum Gasteiger partial charge on any atom is 0.267 e.